The molecular weight excluding hydrogens is 304 g/mol. The van der Waals surface area contributed by atoms with Crippen LogP contribution < -0.4 is 0 Å². The lowest BCUT2D eigenvalue weighted by molar-refractivity contribution is -0.152. The molecular formula is C19H38O3Si. The molecule has 0 aliphatic carbocycles. The topological polar surface area (TPSA) is 35.5 Å². The van der Waals surface area contributed by atoms with Gasteiger partial charge in [-0.1, -0.05) is 47.6 Å². The van der Waals surface area contributed by atoms with Crippen molar-refractivity contribution in [1.82, 2.24) is 0 Å². The highest BCUT2D eigenvalue weighted by molar-refractivity contribution is 6.77. The average Bonchev–Trinajstić information content (AvgIpc) is 2.42. The van der Waals surface area contributed by atoms with Crippen LogP contribution >= 0.6 is 0 Å². The number of esters is 1. The van der Waals surface area contributed by atoms with Gasteiger partial charge in [0, 0.05) is 6.10 Å². The Kier molecular flexibility index (Phi) is 8.78. The SMILES string of the molecule is C=CCC(CC(C)(C)C(=O)OC)O[Si](C(C)C)(C(C)C)C(C)C. The van der Waals surface area contributed by atoms with E-state index in [-0.39, 0.29) is 12.1 Å². The van der Waals surface area contributed by atoms with E-state index in [2.05, 4.69) is 48.1 Å². The molecule has 0 aromatic rings. The second-order valence-electron chi connectivity index (χ2n) is 8.16. The summed E-state index contributed by atoms with van der Waals surface area (Å²) in [5, 5.41) is 0. The highest BCUT2D eigenvalue weighted by Gasteiger charge is 2.47. The van der Waals surface area contributed by atoms with Crippen LogP contribution in [0.3, 0.4) is 0 Å². The Morgan fingerprint density at radius 1 is 1.09 bits per heavy atom. The molecule has 0 amide bonds. The van der Waals surface area contributed by atoms with Crippen molar-refractivity contribution in [3.05, 3.63) is 12.7 Å². The van der Waals surface area contributed by atoms with Gasteiger partial charge in [0.15, 0.2) is 0 Å². The number of hydrogen-bond donors (Lipinski definition) is 0. The number of carbonyl (C=O) groups excluding carboxylic acids is 1. The van der Waals surface area contributed by atoms with E-state index in [0.717, 1.165) is 6.42 Å². The van der Waals surface area contributed by atoms with Gasteiger partial charge in [-0.05, 0) is 43.3 Å². The van der Waals surface area contributed by atoms with E-state index in [9.17, 15) is 4.79 Å². The van der Waals surface area contributed by atoms with Crippen LogP contribution in [0.2, 0.25) is 16.6 Å². The molecule has 0 saturated heterocycles. The molecule has 136 valence electrons. The van der Waals surface area contributed by atoms with Crippen LogP contribution in [0.4, 0.5) is 0 Å². The van der Waals surface area contributed by atoms with E-state index in [4.69, 9.17) is 9.16 Å². The van der Waals surface area contributed by atoms with E-state index in [1.165, 1.54) is 7.11 Å². The van der Waals surface area contributed by atoms with E-state index in [1.54, 1.807) is 0 Å². The molecule has 0 heterocycles. The maximum atomic E-state index is 12.0. The first kappa shape index (κ1) is 22.4. The van der Waals surface area contributed by atoms with Crippen LogP contribution in [0, 0.1) is 5.41 Å². The fourth-order valence-corrected chi connectivity index (χ4v) is 9.56. The molecule has 0 aromatic heterocycles. The third-order valence-corrected chi connectivity index (χ3v) is 11.1. The molecule has 4 heteroatoms. The van der Waals surface area contributed by atoms with Crippen molar-refractivity contribution < 1.29 is 14.0 Å². The molecule has 0 rings (SSSR count). The molecule has 0 radical (unpaired) electrons. The maximum Gasteiger partial charge on any atom is 0.311 e. The van der Waals surface area contributed by atoms with Crippen molar-refractivity contribution in [3.8, 4) is 0 Å². The molecule has 0 spiro atoms. The van der Waals surface area contributed by atoms with Crippen LogP contribution in [0.1, 0.15) is 68.2 Å². The second kappa shape index (κ2) is 9.02. The molecule has 0 aliphatic heterocycles. The smallest absolute Gasteiger partial charge is 0.311 e. The number of hydrogen-bond acceptors (Lipinski definition) is 3. The molecule has 3 nitrogen and oxygen atoms in total. The van der Waals surface area contributed by atoms with Crippen LogP contribution in [0.15, 0.2) is 12.7 Å². The summed E-state index contributed by atoms with van der Waals surface area (Å²) in [4.78, 5) is 12.0. The van der Waals surface area contributed by atoms with Crippen molar-refractivity contribution in [2.24, 2.45) is 5.41 Å². The zero-order chi connectivity index (χ0) is 18.4. The first-order valence-corrected chi connectivity index (χ1v) is 11.0. The summed E-state index contributed by atoms with van der Waals surface area (Å²) < 4.78 is 11.8. The zero-order valence-corrected chi connectivity index (χ0v) is 17.7. The van der Waals surface area contributed by atoms with Crippen LogP contribution in [0.25, 0.3) is 0 Å². The van der Waals surface area contributed by atoms with Crippen LogP contribution in [-0.4, -0.2) is 27.5 Å². The summed E-state index contributed by atoms with van der Waals surface area (Å²) >= 11 is 0. The second-order valence-corrected chi connectivity index (χ2v) is 13.6. The van der Waals surface area contributed by atoms with Gasteiger partial charge in [-0.3, -0.25) is 4.79 Å². The first-order chi connectivity index (χ1) is 10.5. The predicted molar refractivity (Wildman–Crippen MR) is 101 cm³/mol. The fraction of sp³-hybridized carbons (Fsp3) is 0.842. The third-order valence-electron chi connectivity index (χ3n) is 4.98. The van der Waals surface area contributed by atoms with Crippen molar-refractivity contribution >= 4 is 14.3 Å². The summed E-state index contributed by atoms with van der Waals surface area (Å²) in [6, 6.07) is 0. The maximum absolute atomic E-state index is 12.0. The summed E-state index contributed by atoms with van der Waals surface area (Å²) in [5.41, 5.74) is 1.02. The number of methoxy groups -OCH3 is 1. The average molecular weight is 343 g/mol. The number of ether oxygens (including phenoxy) is 1. The minimum Gasteiger partial charge on any atom is -0.469 e. The standard InChI is InChI=1S/C19H38O3Si/c1-11-12-17(13-19(8,9)18(20)21-10)22-23(14(2)3,15(4)5)16(6)7/h11,14-17H,1,12-13H2,2-10H3. The van der Waals surface area contributed by atoms with Gasteiger partial charge in [0.2, 0.25) is 8.32 Å². The van der Waals surface area contributed by atoms with Gasteiger partial charge in [0.25, 0.3) is 0 Å². The molecule has 1 unspecified atom stereocenters. The lowest BCUT2D eigenvalue weighted by Gasteiger charge is -2.45. The van der Waals surface area contributed by atoms with Gasteiger partial charge < -0.3 is 9.16 Å². The van der Waals surface area contributed by atoms with Gasteiger partial charge in [-0.25, -0.2) is 0 Å². The van der Waals surface area contributed by atoms with Crippen LogP contribution in [0.5, 0.6) is 0 Å². The number of rotatable bonds is 10. The van der Waals surface area contributed by atoms with Crippen molar-refractivity contribution in [2.45, 2.75) is 91.0 Å². The zero-order valence-electron chi connectivity index (χ0n) is 16.7. The van der Waals surface area contributed by atoms with Crippen LogP contribution in [-0.2, 0) is 14.0 Å². The first-order valence-electron chi connectivity index (χ1n) is 8.82. The summed E-state index contributed by atoms with van der Waals surface area (Å²) in [5.74, 6) is -0.180. The fourth-order valence-electron chi connectivity index (χ4n) is 3.98. The van der Waals surface area contributed by atoms with Gasteiger partial charge in [-0.2, -0.15) is 0 Å². The predicted octanol–water partition coefficient (Wildman–Crippen LogP) is 5.71. The molecule has 0 aromatic carbocycles. The Bertz CT molecular complexity index is 364. The molecule has 0 fully saturated rings. The Labute approximate surface area is 145 Å². The van der Waals surface area contributed by atoms with Gasteiger partial charge in [0.05, 0.1) is 12.5 Å². The summed E-state index contributed by atoms with van der Waals surface area (Å²) in [6.45, 7) is 21.4. The van der Waals surface area contributed by atoms with Crippen molar-refractivity contribution in [2.75, 3.05) is 7.11 Å². The summed E-state index contributed by atoms with van der Waals surface area (Å²) in [7, 11) is -0.525. The van der Waals surface area contributed by atoms with Crippen molar-refractivity contribution in [1.29, 1.82) is 0 Å². The monoisotopic (exact) mass is 342 g/mol. The van der Waals surface area contributed by atoms with Gasteiger partial charge in [-0.15, -0.1) is 6.58 Å². The lowest BCUT2D eigenvalue weighted by atomic mass is 9.86. The molecule has 0 N–H and O–H groups in total. The molecule has 0 aliphatic rings. The largest absolute Gasteiger partial charge is 0.469 e. The Hall–Kier alpha value is -0.613. The molecule has 0 bridgehead atoms. The van der Waals surface area contributed by atoms with E-state index in [1.807, 2.05) is 19.9 Å². The normalized spacial score (nSPS) is 14.4. The van der Waals surface area contributed by atoms with Crippen molar-refractivity contribution in [3.63, 3.8) is 0 Å². The molecule has 23 heavy (non-hydrogen) atoms. The third kappa shape index (κ3) is 5.46. The van der Waals surface area contributed by atoms with E-state index >= 15 is 0 Å². The quantitative estimate of drug-likeness (QED) is 0.290. The minimum atomic E-state index is -1.97. The van der Waals surface area contributed by atoms with E-state index < -0.39 is 13.7 Å². The Morgan fingerprint density at radius 2 is 1.52 bits per heavy atom. The highest BCUT2D eigenvalue weighted by Crippen LogP contribution is 2.44. The molecule has 0 saturated carbocycles. The summed E-state index contributed by atoms with van der Waals surface area (Å²) in [6.07, 6.45) is 3.34. The Morgan fingerprint density at radius 3 is 1.83 bits per heavy atom. The minimum absolute atomic E-state index is 0.0143. The number of carbonyl (C=O) groups is 1. The Balaban J connectivity index is 5.53. The molecule has 1 atom stereocenters. The van der Waals surface area contributed by atoms with Gasteiger partial charge >= 0.3 is 5.97 Å². The highest BCUT2D eigenvalue weighted by atomic mass is 28.4. The van der Waals surface area contributed by atoms with E-state index in [0.29, 0.717) is 23.0 Å². The lowest BCUT2D eigenvalue weighted by Crippen LogP contribution is -2.51. The van der Waals surface area contributed by atoms with Gasteiger partial charge in [0.1, 0.15) is 0 Å².